The second-order valence-electron chi connectivity index (χ2n) is 8.25. The minimum absolute atomic E-state index is 0.0296. The largest absolute Gasteiger partial charge is 0.482 e. The fourth-order valence-electron chi connectivity index (χ4n) is 4.37. The third kappa shape index (κ3) is 3.63. The molecule has 1 aromatic carbocycles. The van der Waals surface area contributed by atoms with Gasteiger partial charge in [-0.1, -0.05) is 6.42 Å². The van der Waals surface area contributed by atoms with Crippen molar-refractivity contribution in [2.45, 2.75) is 25.3 Å². The van der Waals surface area contributed by atoms with E-state index in [9.17, 15) is 9.59 Å². The number of likely N-dealkylation sites (tertiary alicyclic amines) is 1. The highest BCUT2D eigenvalue weighted by molar-refractivity contribution is 6.06. The van der Waals surface area contributed by atoms with Crippen LogP contribution in [0.5, 0.6) is 5.75 Å². The number of amides is 2. The van der Waals surface area contributed by atoms with Crippen LogP contribution in [-0.4, -0.2) is 53.9 Å². The molecule has 2 N–H and O–H groups in total. The first-order valence-corrected chi connectivity index (χ1v) is 10.5. The summed E-state index contributed by atoms with van der Waals surface area (Å²) in [6.45, 7) is 1.08. The monoisotopic (exact) mass is 419 g/mol. The van der Waals surface area contributed by atoms with E-state index in [1.54, 1.807) is 31.4 Å². The molecule has 1 atom stereocenters. The highest BCUT2D eigenvalue weighted by atomic mass is 16.5. The minimum Gasteiger partial charge on any atom is -0.482 e. The zero-order chi connectivity index (χ0) is 21.5. The second kappa shape index (κ2) is 7.70. The van der Waals surface area contributed by atoms with E-state index in [0.717, 1.165) is 23.9 Å². The summed E-state index contributed by atoms with van der Waals surface area (Å²) in [6, 6.07) is 9.45. The molecule has 31 heavy (non-hydrogen) atoms. The van der Waals surface area contributed by atoms with Crippen molar-refractivity contribution in [3.63, 3.8) is 0 Å². The van der Waals surface area contributed by atoms with Crippen molar-refractivity contribution >= 4 is 34.2 Å². The van der Waals surface area contributed by atoms with Gasteiger partial charge in [0.2, 0.25) is 0 Å². The molecule has 0 aliphatic carbocycles. The molecule has 2 aliphatic heterocycles. The number of benzene rings is 1. The summed E-state index contributed by atoms with van der Waals surface area (Å²) >= 11 is 0. The van der Waals surface area contributed by atoms with E-state index in [2.05, 4.69) is 33.3 Å². The fourth-order valence-corrected chi connectivity index (χ4v) is 4.37. The molecule has 0 saturated carbocycles. The van der Waals surface area contributed by atoms with E-state index in [-0.39, 0.29) is 18.4 Å². The van der Waals surface area contributed by atoms with E-state index in [0.29, 0.717) is 28.9 Å². The number of H-pyrrole nitrogens is 1. The Balaban J connectivity index is 1.35. The number of rotatable bonds is 3. The predicted molar refractivity (Wildman–Crippen MR) is 119 cm³/mol. The number of hydrogen-bond acceptors (Lipinski definition) is 5. The van der Waals surface area contributed by atoms with Gasteiger partial charge in [-0.2, -0.15) is 0 Å². The molecule has 4 heterocycles. The van der Waals surface area contributed by atoms with Crippen LogP contribution in [0, 0.1) is 0 Å². The van der Waals surface area contributed by atoms with Crippen LogP contribution in [0.2, 0.25) is 0 Å². The maximum atomic E-state index is 12.8. The van der Waals surface area contributed by atoms with E-state index < -0.39 is 0 Å². The Morgan fingerprint density at radius 2 is 2.10 bits per heavy atom. The lowest BCUT2D eigenvalue weighted by molar-refractivity contribution is -0.120. The number of anilines is 2. The van der Waals surface area contributed by atoms with Gasteiger partial charge < -0.3 is 19.9 Å². The van der Waals surface area contributed by atoms with Crippen LogP contribution in [0.4, 0.5) is 11.5 Å². The summed E-state index contributed by atoms with van der Waals surface area (Å²) in [5, 5.41) is 3.89. The first kappa shape index (κ1) is 19.6. The lowest BCUT2D eigenvalue weighted by Gasteiger charge is -2.31. The summed E-state index contributed by atoms with van der Waals surface area (Å²) in [5.41, 5.74) is 3.24. The van der Waals surface area contributed by atoms with E-state index in [1.807, 2.05) is 6.07 Å². The standard InChI is InChI=1S/C23H25N5O3/c1-27-8-4-3-5-18(27)17-9-15-12-24-21(11-16(15)25-17)26-23(30)14-6-7-19-20(10-14)31-13-22(29)28(19)2/h6-7,9-12,18,25H,3-5,8,13H2,1-2H3,(H,24,26,30)/t18-/m1/s1. The number of nitrogens with zero attached hydrogens (tertiary/aromatic N) is 3. The molecule has 2 aliphatic rings. The lowest BCUT2D eigenvalue weighted by atomic mass is 10.0. The number of piperidine rings is 1. The van der Waals surface area contributed by atoms with Crippen molar-refractivity contribution < 1.29 is 14.3 Å². The Morgan fingerprint density at radius 3 is 2.94 bits per heavy atom. The molecule has 1 saturated heterocycles. The van der Waals surface area contributed by atoms with Gasteiger partial charge in [0.25, 0.3) is 11.8 Å². The summed E-state index contributed by atoms with van der Waals surface area (Å²) in [5.74, 6) is 0.598. The average Bonchev–Trinajstić information content (AvgIpc) is 3.19. The third-order valence-electron chi connectivity index (χ3n) is 6.20. The Labute approximate surface area is 180 Å². The van der Waals surface area contributed by atoms with Crippen LogP contribution in [0.25, 0.3) is 10.9 Å². The van der Waals surface area contributed by atoms with Crippen molar-refractivity contribution in [3.05, 3.63) is 47.8 Å². The van der Waals surface area contributed by atoms with Gasteiger partial charge in [0.05, 0.1) is 11.2 Å². The molecular formula is C23H25N5O3. The summed E-state index contributed by atoms with van der Waals surface area (Å²) in [4.78, 5) is 36.4. The van der Waals surface area contributed by atoms with Crippen LogP contribution < -0.4 is 15.0 Å². The van der Waals surface area contributed by atoms with Gasteiger partial charge in [-0.05, 0) is 50.7 Å². The molecule has 8 heteroatoms. The number of fused-ring (bicyclic) bond motifs is 2. The lowest BCUT2D eigenvalue weighted by Crippen LogP contribution is -2.35. The zero-order valence-corrected chi connectivity index (χ0v) is 17.6. The van der Waals surface area contributed by atoms with Crippen molar-refractivity contribution in [2.24, 2.45) is 0 Å². The van der Waals surface area contributed by atoms with Crippen LogP contribution in [0.3, 0.4) is 0 Å². The number of ether oxygens (including phenoxy) is 1. The average molecular weight is 419 g/mol. The molecule has 8 nitrogen and oxygen atoms in total. The summed E-state index contributed by atoms with van der Waals surface area (Å²) < 4.78 is 5.48. The van der Waals surface area contributed by atoms with Crippen LogP contribution in [0.15, 0.2) is 36.5 Å². The van der Waals surface area contributed by atoms with Gasteiger partial charge in [-0.25, -0.2) is 4.98 Å². The number of pyridine rings is 1. The number of aromatic amines is 1. The quantitative estimate of drug-likeness (QED) is 0.680. The Hall–Kier alpha value is -3.39. The van der Waals surface area contributed by atoms with Crippen LogP contribution in [0.1, 0.15) is 41.4 Å². The number of likely N-dealkylation sites (N-methyl/N-ethyl adjacent to an activating group) is 1. The molecule has 0 bridgehead atoms. The van der Waals surface area contributed by atoms with Crippen LogP contribution in [-0.2, 0) is 4.79 Å². The number of nitrogens with one attached hydrogen (secondary N) is 2. The summed E-state index contributed by atoms with van der Waals surface area (Å²) in [7, 11) is 3.85. The highest BCUT2D eigenvalue weighted by Crippen LogP contribution is 2.33. The van der Waals surface area contributed by atoms with E-state index in [1.165, 1.54) is 23.4 Å². The van der Waals surface area contributed by atoms with Crippen molar-refractivity contribution in [3.8, 4) is 5.75 Å². The molecular weight excluding hydrogens is 394 g/mol. The van der Waals surface area contributed by atoms with Crippen molar-refractivity contribution in [1.82, 2.24) is 14.9 Å². The second-order valence-corrected chi connectivity index (χ2v) is 8.25. The van der Waals surface area contributed by atoms with Crippen molar-refractivity contribution in [2.75, 3.05) is 37.5 Å². The Kier molecular flexibility index (Phi) is 4.86. The molecule has 5 rings (SSSR count). The molecule has 3 aromatic rings. The molecule has 1 fully saturated rings. The first-order valence-electron chi connectivity index (χ1n) is 10.5. The van der Waals surface area contributed by atoms with Crippen molar-refractivity contribution in [1.29, 1.82) is 0 Å². The molecule has 0 unspecified atom stereocenters. The van der Waals surface area contributed by atoms with E-state index >= 15 is 0 Å². The first-order chi connectivity index (χ1) is 15.0. The zero-order valence-electron chi connectivity index (χ0n) is 17.6. The van der Waals surface area contributed by atoms with Gasteiger partial charge in [-0.3, -0.25) is 14.5 Å². The van der Waals surface area contributed by atoms with Gasteiger partial charge in [-0.15, -0.1) is 0 Å². The topological polar surface area (TPSA) is 90.6 Å². The Morgan fingerprint density at radius 1 is 1.23 bits per heavy atom. The van der Waals surface area contributed by atoms with Gasteiger partial charge >= 0.3 is 0 Å². The van der Waals surface area contributed by atoms with E-state index in [4.69, 9.17) is 4.74 Å². The molecule has 2 aromatic heterocycles. The number of carbonyl (C=O) groups is 2. The minimum atomic E-state index is -0.281. The fraction of sp³-hybridized carbons (Fsp3) is 0.348. The number of aromatic nitrogens is 2. The van der Waals surface area contributed by atoms with Gasteiger partial charge in [0.15, 0.2) is 6.61 Å². The molecule has 160 valence electrons. The highest BCUT2D eigenvalue weighted by Gasteiger charge is 2.24. The normalized spacial score (nSPS) is 19.2. The maximum absolute atomic E-state index is 12.8. The van der Waals surface area contributed by atoms with Crippen LogP contribution >= 0.6 is 0 Å². The van der Waals surface area contributed by atoms with Gasteiger partial charge in [0, 0.05) is 42.0 Å². The number of carbonyl (C=O) groups excluding carboxylic acids is 2. The SMILES string of the molecule is CN1C(=O)COc2cc(C(=O)Nc3cc4[nH]c([C@H]5CCCCN5C)cc4cn3)ccc21. The predicted octanol–water partition coefficient (Wildman–Crippen LogP) is 3.33. The number of hydrogen-bond donors (Lipinski definition) is 2. The smallest absolute Gasteiger partial charge is 0.264 e. The maximum Gasteiger partial charge on any atom is 0.264 e. The van der Waals surface area contributed by atoms with Gasteiger partial charge in [0.1, 0.15) is 11.6 Å². The molecule has 0 radical (unpaired) electrons. The Bertz CT molecular complexity index is 1170. The molecule has 2 amide bonds. The third-order valence-corrected chi connectivity index (χ3v) is 6.20. The molecule has 0 spiro atoms. The summed E-state index contributed by atoms with van der Waals surface area (Å²) in [6.07, 6.45) is 5.40.